The van der Waals surface area contributed by atoms with E-state index in [-0.39, 0.29) is 24.5 Å². The monoisotopic (exact) mass is 609 g/mol. The number of methoxy groups -OCH3 is 1. The molecule has 43 heavy (non-hydrogen) atoms. The van der Waals surface area contributed by atoms with Crippen LogP contribution in [0.2, 0.25) is 0 Å². The normalized spacial score (nSPS) is 17.7. The first kappa shape index (κ1) is 36.8. The van der Waals surface area contributed by atoms with Gasteiger partial charge in [0.15, 0.2) is 0 Å². The number of nitrogens with zero attached hydrogens (tertiary/aromatic N) is 2. The first-order valence-corrected chi connectivity index (χ1v) is 13.6. The fourth-order valence-corrected chi connectivity index (χ4v) is 3.70. The van der Waals surface area contributed by atoms with E-state index in [4.69, 9.17) is 15.7 Å². The average Bonchev–Trinajstić information content (AvgIpc) is 3.62. The third kappa shape index (κ3) is 14.5. The molecule has 1 aliphatic carbocycles. The lowest BCUT2D eigenvalue weighted by molar-refractivity contribution is -0.137. The number of nitriles is 1. The number of benzene rings is 2. The van der Waals surface area contributed by atoms with Crippen molar-refractivity contribution in [2.45, 2.75) is 58.4 Å². The molecule has 1 saturated carbocycles. The second-order valence-corrected chi connectivity index (χ2v) is 10.1. The number of carbonyl (C=O) groups is 3. The Balaban J connectivity index is 0.000000320. The average molecular weight is 610 g/mol. The van der Waals surface area contributed by atoms with Crippen LogP contribution in [0.25, 0.3) is 0 Å². The van der Waals surface area contributed by atoms with Gasteiger partial charge in [0.25, 0.3) is 0 Å². The summed E-state index contributed by atoms with van der Waals surface area (Å²) >= 11 is 0. The lowest BCUT2D eigenvalue weighted by Gasteiger charge is -2.20. The van der Waals surface area contributed by atoms with Crippen LogP contribution >= 0.6 is 0 Å². The standard InChI is InChI=1S/C11H17N3O3.C9H7F4NO.C6H7N.C4H8/c1-8(17-2)9-3-10(4-12)14(6-9)11(16)5-13-7-15;1-5(15)14-8-3-2-6(10)4-7(8)9(11,12)13;7-6-4-2-1-3-5-6;1-4-2-3-4/h7-10H,3,5-6H2,1-2H3,(H,13,15);2-4H,1H3,(H,14,15);1-5H,7H2;4H,2-3H2,1H3. The minimum absolute atomic E-state index is 0.0164. The lowest BCUT2D eigenvalue weighted by Crippen LogP contribution is -2.40. The summed E-state index contributed by atoms with van der Waals surface area (Å²) in [6.07, 6.45) is -0.606. The number of nitrogens with one attached hydrogen (secondary N) is 2. The predicted octanol–water partition coefficient (Wildman–Crippen LogP) is 5.00. The molecule has 3 unspecified atom stereocenters. The van der Waals surface area contributed by atoms with Gasteiger partial charge in [-0.25, -0.2) is 4.39 Å². The zero-order valence-electron chi connectivity index (χ0n) is 24.7. The fraction of sp³-hybridized carbons (Fsp3) is 0.467. The van der Waals surface area contributed by atoms with Crippen molar-refractivity contribution in [3.63, 3.8) is 0 Å². The Bertz CT molecular complexity index is 1200. The molecule has 1 saturated heterocycles. The summed E-state index contributed by atoms with van der Waals surface area (Å²) in [6.45, 7) is 5.72. The van der Waals surface area contributed by atoms with Gasteiger partial charge in [-0.3, -0.25) is 14.4 Å². The summed E-state index contributed by atoms with van der Waals surface area (Å²) in [7, 11) is 1.62. The van der Waals surface area contributed by atoms with Crippen LogP contribution in [0.4, 0.5) is 28.9 Å². The van der Waals surface area contributed by atoms with E-state index in [0.29, 0.717) is 25.4 Å². The summed E-state index contributed by atoms with van der Waals surface area (Å²) < 4.78 is 54.9. The van der Waals surface area contributed by atoms with Crippen LogP contribution in [0, 0.1) is 29.0 Å². The summed E-state index contributed by atoms with van der Waals surface area (Å²) in [6, 6.07) is 13.2. The number of para-hydroxylation sites is 1. The van der Waals surface area contributed by atoms with Crippen molar-refractivity contribution in [2.24, 2.45) is 11.8 Å². The Morgan fingerprint density at radius 2 is 1.81 bits per heavy atom. The molecule has 2 fully saturated rings. The number of amides is 3. The first-order valence-electron chi connectivity index (χ1n) is 13.6. The highest BCUT2D eigenvalue weighted by Crippen LogP contribution is 2.35. The molecule has 1 aliphatic heterocycles. The quantitative estimate of drug-likeness (QED) is 0.240. The van der Waals surface area contributed by atoms with Crippen molar-refractivity contribution in [3.8, 4) is 6.07 Å². The third-order valence-electron chi connectivity index (χ3n) is 6.44. The molecule has 2 aliphatic rings. The Kier molecular flexibility index (Phi) is 15.7. The smallest absolute Gasteiger partial charge is 0.399 e. The number of ether oxygens (including phenoxy) is 1. The fourth-order valence-electron chi connectivity index (χ4n) is 3.70. The number of rotatable bonds is 6. The van der Waals surface area contributed by atoms with Gasteiger partial charge in [-0.05, 0) is 49.6 Å². The van der Waals surface area contributed by atoms with Gasteiger partial charge in [0.2, 0.25) is 18.2 Å². The molecule has 0 aromatic heterocycles. The lowest BCUT2D eigenvalue weighted by atomic mass is 10.0. The SMILES string of the molecule is CC(=O)Nc1ccc(F)cc1C(F)(F)F.CC1CC1.COC(C)C1CC(C#N)N(C(=O)CNC=O)C1.Nc1ccccc1. The Morgan fingerprint density at radius 1 is 1.21 bits per heavy atom. The largest absolute Gasteiger partial charge is 0.418 e. The summed E-state index contributed by atoms with van der Waals surface area (Å²) in [4.78, 5) is 34.0. The van der Waals surface area contributed by atoms with E-state index in [0.717, 1.165) is 30.7 Å². The number of hydrogen-bond acceptors (Lipinski definition) is 6. The van der Waals surface area contributed by atoms with Gasteiger partial charge in [0.1, 0.15) is 11.9 Å². The number of anilines is 2. The van der Waals surface area contributed by atoms with Crippen LogP contribution in [0.1, 0.15) is 45.6 Å². The van der Waals surface area contributed by atoms with Crippen molar-refractivity contribution in [1.82, 2.24) is 10.2 Å². The molecule has 1 heterocycles. The number of hydrogen-bond donors (Lipinski definition) is 3. The third-order valence-corrected chi connectivity index (χ3v) is 6.44. The maximum atomic E-state index is 12.6. The molecule has 236 valence electrons. The van der Waals surface area contributed by atoms with Gasteiger partial charge in [-0.2, -0.15) is 18.4 Å². The Morgan fingerprint density at radius 3 is 2.23 bits per heavy atom. The van der Waals surface area contributed by atoms with E-state index in [2.05, 4.69) is 18.3 Å². The van der Waals surface area contributed by atoms with E-state index in [1.807, 2.05) is 42.6 Å². The molecular weight excluding hydrogens is 570 g/mol. The van der Waals surface area contributed by atoms with Gasteiger partial charge in [0, 0.05) is 32.2 Å². The summed E-state index contributed by atoms with van der Waals surface area (Å²) in [5.41, 5.74) is 4.54. The number of halogens is 4. The van der Waals surface area contributed by atoms with Gasteiger partial charge in [-0.15, -0.1) is 0 Å². The minimum atomic E-state index is -4.69. The van der Waals surface area contributed by atoms with E-state index >= 15 is 0 Å². The molecule has 0 radical (unpaired) electrons. The van der Waals surface area contributed by atoms with Crippen molar-refractivity contribution < 1.29 is 36.7 Å². The molecule has 2 aromatic rings. The first-order chi connectivity index (χ1) is 20.2. The van der Waals surface area contributed by atoms with Gasteiger partial charge in [-0.1, -0.05) is 38.0 Å². The number of nitrogens with two attached hydrogens (primary N) is 1. The van der Waals surface area contributed by atoms with Crippen molar-refractivity contribution in [3.05, 3.63) is 59.9 Å². The Hall–Kier alpha value is -4.18. The maximum Gasteiger partial charge on any atom is 0.418 e. The van der Waals surface area contributed by atoms with Crippen LogP contribution in [-0.4, -0.2) is 55.5 Å². The minimum Gasteiger partial charge on any atom is -0.399 e. The Labute approximate surface area is 249 Å². The highest BCUT2D eigenvalue weighted by atomic mass is 19.4. The number of alkyl halides is 3. The molecule has 3 amide bonds. The van der Waals surface area contributed by atoms with Crippen LogP contribution in [0.15, 0.2) is 48.5 Å². The van der Waals surface area contributed by atoms with Crippen LogP contribution < -0.4 is 16.4 Å². The van der Waals surface area contributed by atoms with E-state index in [1.165, 1.54) is 17.7 Å². The zero-order chi connectivity index (χ0) is 32.6. The van der Waals surface area contributed by atoms with Gasteiger partial charge in [0.05, 0.1) is 30.0 Å². The number of likely N-dealkylation sites (tertiary alicyclic amines) is 1. The van der Waals surface area contributed by atoms with E-state index in [1.54, 1.807) is 7.11 Å². The molecular formula is C30H39F4N5O4. The van der Waals surface area contributed by atoms with Gasteiger partial charge >= 0.3 is 6.18 Å². The second kappa shape index (κ2) is 18.4. The molecule has 0 spiro atoms. The molecule has 2 aromatic carbocycles. The highest BCUT2D eigenvalue weighted by Gasteiger charge is 2.37. The summed E-state index contributed by atoms with van der Waals surface area (Å²) in [5, 5.41) is 13.3. The molecule has 3 atom stereocenters. The van der Waals surface area contributed by atoms with Gasteiger partial charge < -0.3 is 26.0 Å². The molecule has 9 nitrogen and oxygen atoms in total. The van der Waals surface area contributed by atoms with Crippen LogP contribution in [0.5, 0.6) is 0 Å². The molecule has 4 N–H and O–H groups in total. The molecule has 4 rings (SSSR count). The second-order valence-electron chi connectivity index (χ2n) is 10.1. The predicted molar refractivity (Wildman–Crippen MR) is 155 cm³/mol. The van der Waals surface area contributed by atoms with Crippen molar-refractivity contribution >= 4 is 29.6 Å². The topological polar surface area (TPSA) is 138 Å². The number of nitrogen functional groups attached to an aromatic ring is 1. The van der Waals surface area contributed by atoms with Crippen molar-refractivity contribution in [2.75, 3.05) is 31.2 Å². The maximum absolute atomic E-state index is 12.6. The molecule has 13 heteroatoms. The summed E-state index contributed by atoms with van der Waals surface area (Å²) in [5.74, 6) is -0.622. The zero-order valence-corrected chi connectivity index (χ0v) is 24.7. The van der Waals surface area contributed by atoms with E-state index < -0.39 is 35.2 Å². The van der Waals surface area contributed by atoms with E-state index in [9.17, 15) is 31.9 Å². The molecule has 0 bridgehead atoms. The van der Waals surface area contributed by atoms with Crippen LogP contribution in [-0.2, 0) is 25.3 Å². The number of carbonyl (C=O) groups excluding carboxylic acids is 3. The van der Waals surface area contributed by atoms with Crippen molar-refractivity contribution in [1.29, 1.82) is 5.26 Å². The highest BCUT2D eigenvalue weighted by molar-refractivity contribution is 5.89. The van der Waals surface area contributed by atoms with Crippen LogP contribution in [0.3, 0.4) is 0 Å².